The second kappa shape index (κ2) is 11.5. The topological polar surface area (TPSA) is 6.48 Å². The molecule has 0 aliphatic heterocycles. The summed E-state index contributed by atoms with van der Waals surface area (Å²) in [7, 11) is 0. The molecule has 0 saturated carbocycles. The Balaban J connectivity index is 2.59. The standard InChI is InChI=1S/C26H30N2/c1-5-19-27(20-6-2)25-16-12-15-24(18-17-23-13-10-9-11-14-23)26(25)28(21-7-3)22-8-4/h5-18H,1-4,19-22H2. The maximum Gasteiger partial charge on any atom is 0.0683 e. The Morgan fingerprint density at radius 1 is 0.607 bits per heavy atom. The number of hydrogen-bond acceptors (Lipinski definition) is 2. The van der Waals surface area contributed by atoms with Crippen molar-refractivity contribution in [1.82, 2.24) is 0 Å². The number of nitrogens with zero attached hydrogens (tertiary/aromatic N) is 2. The molecule has 2 rings (SSSR count). The van der Waals surface area contributed by atoms with Gasteiger partial charge in [0.15, 0.2) is 0 Å². The molecule has 0 atom stereocenters. The molecule has 2 aromatic rings. The van der Waals surface area contributed by atoms with Gasteiger partial charge in [-0.2, -0.15) is 0 Å². The maximum absolute atomic E-state index is 3.94. The summed E-state index contributed by atoms with van der Waals surface area (Å²) in [5.74, 6) is 0. The van der Waals surface area contributed by atoms with E-state index in [4.69, 9.17) is 0 Å². The predicted molar refractivity (Wildman–Crippen MR) is 127 cm³/mol. The number of hydrogen-bond donors (Lipinski definition) is 0. The molecule has 2 nitrogen and oxygen atoms in total. The van der Waals surface area contributed by atoms with Gasteiger partial charge in [-0.05, 0) is 17.2 Å². The zero-order valence-electron chi connectivity index (χ0n) is 16.6. The molecule has 0 aromatic heterocycles. The van der Waals surface area contributed by atoms with Crippen molar-refractivity contribution in [1.29, 1.82) is 0 Å². The number of para-hydroxylation sites is 1. The fraction of sp³-hybridized carbons (Fsp3) is 0.154. The van der Waals surface area contributed by atoms with Crippen LogP contribution in [0.5, 0.6) is 0 Å². The molecule has 0 fully saturated rings. The average Bonchev–Trinajstić information content (AvgIpc) is 2.72. The van der Waals surface area contributed by atoms with Crippen molar-refractivity contribution in [3.63, 3.8) is 0 Å². The minimum Gasteiger partial charge on any atom is -0.362 e. The molecule has 0 radical (unpaired) electrons. The van der Waals surface area contributed by atoms with E-state index in [0.29, 0.717) is 0 Å². The largest absolute Gasteiger partial charge is 0.362 e. The molecule has 0 aliphatic rings. The van der Waals surface area contributed by atoms with Gasteiger partial charge in [-0.25, -0.2) is 0 Å². The molecule has 28 heavy (non-hydrogen) atoms. The third-order valence-electron chi connectivity index (χ3n) is 4.36. The van der Waals surface area contributed by atoms with Crippen LogP contribution in [0, 0.1) is 0 Å². The molecule has 0 N–H and O–H groups in total. The van der Waals surface area contributed by atoms with Crippen molar-refractivity contribution < 1.29 is 0 Å². The summed E-state index contributed by atoms with van der Waals surface area (Å²) in [6, 6.07) is 16.7. The van der Waals surface area contributed by atoms with Crippen LogP contribution in [-0.4, -0.2) is 26.2 Å². The highest BCUT2D eigenvalue weighted by atomic mass is 15.2. The molecule has 0 amide bonds. The first-order valence-electron chi connectivity index (χ1n) is 9.54. The molecule has 0 saturated heterocycles. The van der Waals surface area contributed by atoms with Crippen LogP contribution in [-0.2, 0) is 0 Å². The zero-order chi connectivity index (χ0) is 20.2. The molecule has 2 aromatic carbocycles. The van der Waals surface area contributed by atoms with Gasteiger partial charge in [0, 0.05) is 26.2 Å². The Kier molecular flexibility index (Phi) is 8.61. The summed E-state index contributed by atoms with van der Waals surface area (Å²) in [6.45, 7) is 18.7. The zero-order valence-corrected chi connectivity index (χ0v) is 16.6. The Bertz CT molecular complexity index is 798. The second-order valence-corrected chi connectivity index (χ2v) is 6.42. The molecular formula is C26H30N2. The lowest BCUT2D eigenvalue weighted by Crippen LogP contribution is -2.30. The van der Waals surface area contributed by atoms with Gasteiger partial charge < -0.3 is 9.80 Å². The minimum absolute atomic E-state index is 0.741. The van der Waals surface area contributed by atoms with E-state index in [0.717, 1.165) is 43.1 Å². The molecule has 0 aliphatic carbocycles. The van der Waals surface area contributed by atoms with E-state index in [2.05, 4.69) is 90.7 Å². The van der Waals surface area contributed by atoms with Crippen molar-refractivity contribution in [2.45, 2.75) is 0 Å². The highest BCUT2D eigenvalue weighted by Gasteiger charge is 2.17. The van der Waals surface area contributed by atoms with Crippen LogP contribution in [0.3, 0.4) is 0 Å². The summed E-state index contributed by atoms with van der Waals surface area (Å²) in [6.07, 6.45) is 12.0. The van der Waals surface area contributed by atoms with Crippen molar-refractivity contribution in [2.24, 2.45) is 0 Å². The summed E-state index contributed by atoms with van der Waals surface area (Å²) < 4.78 is 0. The highest BCUT2D eigenvalue weighted by Crippen LogP contribution is 2.34. The SMILES string of the molecule is C=CCN(CC=C)c1cccc(C=Cc2ccccc2)c1N(CC=C)CC=C. The van der Waals surface area contributed by atoms with Crippen LogP contribution >= 0.6 is 0 Å². The maximum atomic E-state index is 3.94. The lowest BCUT2D eigenvalue weighted by atomic mass is 10.1. The molecule has 2 heteroatoms. The lowest BCUT2D eigenvalue weighted by molar-refractivity contribution is 0.914. The molecule has 144 valence electrons. The number of benzene rings is 2. The second-order valence-electron chi connectivity index (χ2n) is 6.42. The molecule has 0 unspecified atom stereocenters. The average molecular weight is 371 g/mol. The van der Waals surface area contributed by atoms with Crippen molar-refractivity contribution >= 4 is 23.5 Å². The Morgan fingerprint density at radius 3 is 1.75 bits per heavy atom. The van der Waals surface area contributed by atoms with Crippen LogP contribution < -0.4 is 9.80 Å². The Hall–Kier alpha value is -3.26. The summed E-state index contributed by atoms with van der Waals surface area (Å²) in [4.78, 5) is 4.56. The minimum atomic E-state index is 0.741. The van der Waals surface area contributed by atoms with Crippen molar-refractivity contribution in [3.8, 4) is 0 Å². The summed E-state index contributed by atoms with van der Waals surface area (Å²) in [5.41, 5.74) is 4.65. The van der Waals surface area contributed by atoms with Gasteiger partial charge in [-0.15, -0.1) is 26.3 Å². The van der Waals surface area contributed by atoms with Crippen molar-refractivity contribution in [3.05, 3.63) is 110 Å². The molecule has 0 heterocycles. The van der Waals surface area contributed by atoms with E-state index in [9.17, 15) is 0 Å². The number of anilines is 2. The fourth-order valence-corrected chi connectivity index (χ4v) is 3.18. The van der Waals surface area contributed by atoms with Crippen LogP contribution in [0.1, 0.15) is 11.1 Å². The van der Waals surface area contributed by atoms with Gasteiger partial charge in [0.05, 0.1) is 11.4 Å². The van der Waals surface area contributed by atoms with E-state index < -0.39 is 0 Å². The van der Waals surface area contributed by atoms with E-state index in [1.807, 2.05) is 30.4 Å². The van der Waals surface area contributed by atoms with Gasteiger partial charge in [-0.1, -0.05) is 78.9 Å². The third kappa shape index (κ3) is 5.62. The monoisotopic (exact) mass is 370 g/mol. The van der Waals surface area contributed by atoms with Gasteiger partial charge in [0.2, 0.25) is 0 Å². The van der Waals surface area contributed by atoms with Crippen LogP contribution in [0.2, 0.25) is 0 Å². The highest BCUT2D eigenvalue weighted by molar-refractivity contribution is 5.85. The fourth-order valence-electron chi connectivity index (χ4n) is 3.18. The van der Waals surface area contributed by atoms with Crippen LogP contribution in [0.25, 0.3) is 12.2 Å². The predicted octanol–water partition coefficient (Wildman–Crippen LogP) is 6.21. The molecule has 0 bridgehead atoms. The van der Waals surface area contributed by atoms with E-state index >= 15 is 0 Å². The first-order valence-corrected chi connectivity index (χ1v) is 9.54. The normalized spacial score (nSPS) is 10.4. The first-order chi connectivity index (χ1) is 13.7. The smallest absolute Gasteiger partial charge is 0.0683 e. The Labute approximate surface area is 170 Å². The van der Waals surface area contributed by atoms with Gasteiger partial charge in [-0.3, -0.25) is 0 Å². The molecule has 0 spiro atoms. The van der Waals surface area contributed by atoms with Crippen LogP contribution in [0.4, 0.5) is 11.4 Å². The van der Waals surface area contributed by atoms with E-state index in [1.165, 1.54) is 5.56 Å². The summed E-state index contributed by atoms with van der Waals surface area (Å²) >= 11 is 0. The van der Waals surface area contributed by atoms with E-state index in [1.54, 1.807) is 0 Å². The lowest BCUT2D eigenvalue weighted by Gasteiger charge is -2.32. The third-order valence-corrected chi connectivity index (χ3v) is 4.36. The quantitative estimate of drug-likeness (QED) is 0.323. The first kappa shape index (κ1) is 21.0. The Morgan fingerprint density at radius 2 is 1.18 bits per heavy atom. The van der Waals surface area contributed by atoms with Crippen LogP contribution in [0.15, 0.2) is 99.2 Å². The van der Waals surface area contributed by atoms with Gasteiger partial charge >= 0.3 is 0 Å². The molecular weight excluding hydrogens is 340 g/mol. The van der Waals surface area contributed by atoms with E-state index in [-0.39, 0.29) is 0 Å². The van der Waals surface area contributed by atoms with Gasteiger partial charge in [0.1, 0.15) is 0 Å². The van der Waals surface area contributed by atoms with Gasteiger partial charge in [0.25, 0.3) is 0 Å². The van der Waals surface area contributed by atoms with Crippen molar-refractivity contribution in [2.75, 3.05) is 36.0 Å². The number of rotatable bonds is 12. The summed E-state index contributed by atoms with van der Waals surface area (Å²) in [5, 5.41) is 0.